The first-order valence-electron chi connectivity index (χ1n) is 21.6. The van der Waals surface area contributed by atoms with Crippen molar-refractivity contribution in [3.8, 4) is 72.7 Å². The highest BCUT2D eigenvalue weighted by Gasteiger charge is 2.19. The molecule has 0 saturated heterocycles. The van der Waals surface area contributed by atoms with Crippen LogP contribution in [0.4, 0.5) is 0 Å². The number of thiazole rings is 1. The molecule has 4 heterocycles. The van der Waals surface area contributed by atoms with Crippen LogP contribution in [-0.2, 0) is 0 Å². The van der Waals surface area contributed by atoms with Crippen molar-refractivity contribution >= 4 is 65.3 Å². The van der Waals surface area contributed by atoms with Gasteiger partial charge in [0.05, 0.1) is 21.3 Å². The Morgan fingerprint density at radius 1 is 0.354 bits per heavy atom. The standard InChI is InChI=1S/C58H35N5OS/c1-4-14-36(15-5-1)43-21-12-23-46-47-24-13-22-44(54(47)64-53(43)46)40-29-33-51-48(34-40)45-20-10-11-25-50(45)63(51)42-30-26-39(27-31-42)58-59-49-32-28-41(35-52(49)65-58)57-61-55(37-16-6-2-7-17-37)60-56(62-57)38-18-8-3-9-19-38/h1-35H. The van der Waals surface area contributed by atoms with Crippen molar-refractivity contribution in [3.05, 3.63) is 212 Å². The predicted molar refractivity (Wildman–Crippen MR) is 267 cm³/mol. The van der Waals surface area contributed by atoms with Crippen molar-refractivity contribution in [2.45, 2.75) is 0 Å². The van der Waals surface area contributed by atoms with Crippen LogP contribution in [0.15, 0.2) is 217 Å². The molecule has 4 aromatic heterocycles. The number of aromatic nitrogens is 5. The molecule has 304 valence electrons. The van der Waals surface area contributed by atoms with Gasteiger partial charge in [0.1, 0.15) is 16.2 Å². The van der Waals surface area contributed by atoms with E-state index in [0.717, 1.165) is 98.4 Å². The maximum absolute atomic E-state index is 6.81. The fraction of sp³-hybridized carbons (Fsp3) is 0. The van der Waals surface area contributed by atoms with Crippen LogP contribution in [0.25, 0.3) is 127 Å². The number of fused-ring (bicyclic) bond motifs is 7. The Hall–Kier alpha value is -8.52. The summed E-state index contributed by atoms with van der Waals surface area (Å²) in [7, 11) is 0. The summed E-state index contributed by atoms with van der Waals surface area (Å²) in [6.07, 6.45) is 0. The van der Waals surface area contributed by atoms with E-state index in [9.17, 15) is 0 Å². The van der Waals surface area contributed by atoms with Gasteiger partial charge in [0.2, 0.25) is 0 Å². The van der Waals surface area contributed by atoms with Gasteiger partial charge in [-0.05, 0) is 71.8 Å². The second kappa shape index (κ2) is 15.1. The molecule has 0 saturated carbocycles. The molecule has 0 spiro atoms. The number of para-hydroxylation sites is 3. The summed E-state index contributed by atoms with van der Waals surface area (Å²) in [6, 6.07) is 74.0. The molecule has 0 unspecified atom stereocenters. The first-order valence-corrected chi connectivity index (χ1v) is 22.4. The van der Waals surface area contributed by atoms with Crippen molar-refractivity contribution in [2.75, 3.05) is 0 Å². The smallest absolute Gasteiger partial charge is 0.164 e. The summed E-state index contributed by atoms with van der Waals surface area (Å²) in [6.45, 7) is 0. The van der Waals surface area contributed by atoms with Gasteiger partial charge in [-0.3, -0.25) is 0 Å². The van der Waals surface area contributed by atoms with Gasteiger partial charge in [0.15, 0.2) is 17.5 Å². The van der Waals surface area contributed by atoms with E-state index in [1.807, 2.05) is 66.7 Å². The third kappa shape index (κ3) is 6.32. The molecule has 0 amide bonds. The first-order chi connectivity index (χ1) is 32.2. The lowest BCUT2D eigenvalue weighted by atomic mass is 9.99. The maximum Gasteiger partial charge on any atom is 0.164 e. The van der Waals surface area contributed by atoms with Gasteiger partial charge in [0, 0.05) is 60.6 Å². The van der Waals surface area contributed by atoms with Crippen LogP contribution in [0.1, 0.15) is 0 Å². The van der Waals surface area contributed by atoms with E-state index >= 15 is 0 Å². The molecular weight excluding hydrogens is 815 g/mol. The molecule has 0 radical (unpaired) electrons. The minimum atomic E-state index is 0.626. The normalized spacial score (nSPS) is 11.7. The predicted octanol–water partition coefficient (Wildman–Crippen LogP) is 15.5. The summed E-state index contributed by atoms with van der Waals surface area (Å²) in [5.41, 5.74) is 14.4. The monoisotopic (exact) mass is 849 g/mol. The highest BCUT2D eigenvalue weighted by molar-refractivity contribution is 7.21. The van der Waals surface area contributed by atoms with Gasteiger partial charge in [-0.1, -0.05) is 152 Å². The fourth-order valence-electron chi connectivity index (χ4n) is 9.19. The van der Waals surface area contributed by atoms with Crippen LogP contribution in [-0.4, -0.2) is 24.5 Å². The second-order valence-electron chi connectivity index (χ2n) is 16.2. The van der Waals surface area contributed by atoms with Crippen molar-refractivity contribution in [1.82, 2.24) is 24.5 Å². The van der Waals surface area contributed by atoms with E-state index in [4.69, 9.17) is 24.4 Å². The summed E-state index contributed by atoms with van der Waals surface area (Å²) in [5.74, 6) is 1.91. The quantitative estimate of drug-likeness (QED) is 0.160. The van der Waals surface area contributed by atoms with Crippen LogP contribution < -0.4 is 0 Å². The first kappa shape index (κ1) is 37.1. The Morgan fingerprint density at radius 3 is 1.54 bits per heavy atom. The highest BCUT2D eigenvalue weighted by Crippen LogP contribution is 2.42. The number of furan rings is 1. The van der Waals surface area contributed by atoms with Gasteiger partial charge in [-0.2, -0.15) is 0 Å². The van der Waals surface area contributed by atoms with Crippen LogP contribution in [0.2, 0.25) is 0 Å². The molecule has 0 aliphatic heterocycles. The Morgan fingerprint density at radius 2 is 0.877 bits per heavy atom. The van der Waals surface area contributed by atoms with E-state index in [2.05, 4.69) is 150 Å². The van der Waals surface area contributed by atoms with E-state index in [1.54, 1.807) is 11.3 Å². The molecule has 6 nitrogen and oxygen atoms in total. The summed E-state index contributed by atoms with van der Waals surface area (Å²) in [5, 5.41) is 5.58. The van der Waals surface area contributed by atoms with Gasteiger partial charge in [-0.15, -0.1) is 11.3 Å². The molecule has 0 aliphatic carbocycles. The molecule has 0 atom stereocenters. The number of hydrogen-bond acceptors (Lipinski definition) is 6. The number of hydrogen-bond donors (Lipinski definition) is 0. The van der Waals surface area contributed by atoms with Crippen molar-refractivity contribution in [2.24, 2.45) is 0 Å². The molecule has 65 heavy (non-hydrogen) atoms. The zero-order chi connectivity index (χ0) is 42.8. The summed E-state index contributed by atoms with van der Waals surface area (Å²) < 4.78 is 10.2. The van der Waals surface area contributed by atoms with Crippen LogP contribution >= 0.6 is 11.3 Å². The Bertz CT molecular complexity index is 3870. The largest absolute Gasteiger partial charge is 0.455 e. The minimum absolute atomic E-state index is 0.626. The van der Waals surface area contributed by atoms with Crippen LogP contribution in [0.5, 0.6) is 0 Å². The number of rotatable bonds is 7. The van der Waals surface area contributed by atoms with Crippen molar-refractivity contribution in [3.63, 3.8) is 0 Å². The molecule has 7 heteroatoms. The Balaban J connectivity index is 0.854. The van der Waals surface area contributed by atoms with Crippen LogP contribution in [0, 0.1) is 0 Å². The lowest BCUT2D eigenvalue weighted by molar-refractivity contribution is 0.671. The highest BCUT2D eigenvalue weighted by atomic mass is 32.1. The number of nitrogens with zero attached hydrogens (tertiary/aromatic N) is 5. The molecule has 0 fully saturated rings. The van der Waals surface area contributed by atoms with Crippen molar-refractivity contribution in [1.29, 1.82) is 0 Å². The third-order valence-electron chi connectivity index (χ3n) is 12.3. The topological polar surface area (TPSA) is 69.6 Å². The second-order valence-corrected chi connectivity index (χ2v) is 17.2. The number of benzene rings is 9. The molecule has 9 aromatic carbocycles. The third-order valence-corrected chi connectivity index (χ3v) is 13.4. The molecule has 0 N–H and O–H groups in total. The summed E-state index contributed by atoms with van der Waals surface area (Å²) in [4.78, 5) is 19.9. The van der Waals surface area contributed by atoms with Gasteiger partial charge in [0.25, 0.3) is 0 Å². The minimum Gasteiger partial charge on any atom is -0.455 e. The van der Waals surface area contributed by atoms with E-state index in [-0.39, 0.29) is 0 Å². The van der Waals surface area contributed by atoms with Gasteiger partial charge in [-0.25, -0.2) is 19.9 Å². The van der Waals surface area contributed by atoms with Gasteiger partial charge < -0.3 is 8.98 Å². The zero-order valence-corrected chi connectivity index (χ0v) is 35.6. The maximum atomic E-state index is 6.81. The lowest BCUT2D eigenvalue weighted by Gasteiger charge is -2.09. The fourth-order valence-corrected chi connectivity index (χ4v) is 10.2. The molecule has 0 bridgehead atoms. The molecule has 0 aliphatic rings. The Kier molecular flexibility index (Phi) is 8.60. The van der Waals surface area contributed by atoms with Crippen molar-refractivity contribution < 1.29 is 4.42 Å². The zero-order valence-electron chi connectivity index (χ0n) is 34.8. The van der Waals surface area contributed by atoms with E-state index in [1.165, 1.54) is 10.8 Å². The van der Waals surface area contributed by atoms with Gasteiger partial charge >= 0.3 is 0 Å². The SMILES string of the molecule is c1ccc(-c2nc(-c3ccccc3)nc(-c3ccc4nc(-c5ccc(-n6c7ccccc7c7cc(-c8cccc9c8oc8c(-c%10ccccc%10)cccc89)ccc76)cc5)sc4c3)n2)cc1. The summed E-state index contributed by atoms with van der Waals surface area (Å²) >= 11 is 1.67. The van der Waals surface area contributed by atoms with E-state index in [0.29, 0.717) is 17.5 Å². The average Bonchev–Trinajstić information content (AvgIpc) is 4.09. The van der Waals surface area contributed by atoms with E-state index < -0.39 is 0 Å². The van der Waals surface area contributed by atoms with Crippen LogP contribution in [0.3, 0.4) is 0 Å². The Labute approximate surface area is 377 Å². The molecular formula is C58H35N5OS. The lowest BCUT2D eigenvalue weighted by Crippen LogP contribution is -1.99. The average molecular weight is 850 g/mol. The molecule has 13 rings (SSSR count). The molecule has 13 aromatic rings.